The van der Waals surface area contributed by atoms with Gasteiger partial charge in [-0.1, -0.05) is 30.7 Å². The van der Waals surface area contributed by atoms with E-state index in [1.54, 1.807) is 0 Å². The van der Waals surface area contributed by atoms with E-state index >= 15 is 0 Å². The van der Waals surface area contributed by atoms with Crippen molar-refractivity contribution in [1.29, 1.82) is 0 Å². The summed E-state index contributed by atoms with van der Waals surface area (Å²) in [5, 5.41) is 0.755. The molecule has 15 heavy (non-hydrogen) atoms. The third-order valence-corrected chi connectivity index (χ3v) is 3.44. The predicted octanol–water partition coefficient (Wildman–Crippen LogP) is 2.56. The van der Waals surface area contributed by atoms with Gasteiger partial charge in [-0.25, -0.2) is 0 Å². The molecule has 1 fully saturated rings. The molecule has 1 amide bonds. The van der Waals surface area contributed by atoms with E-state index in [2.05, 4.69) is 6.07 Å². The number of primary amides is 1. The number of hydrogen-bond acceptors (Lipinski definition) is 1. The molecule has 2 rings (SSSR count). The molecular weight excluding hydrogens is 210 g/mol. The fraction of sp³-hybridized carbons (Fsp3) is 0.417. The lowest BCUT2D eigenvalue weighted by Crippen LogP contribution is -2.22. The topological polar surface area (TPSA) is 43.1 Å². The summed E-state index contributed by atoms with van der Waals surface area (Å²) in [7, 11) is 0. The van der Waals surface area contributed by atoms with Crippen LogP contribution in [0.4, 0.5) is 0 Å². The Morgan fingerprint density at radius 2 is 2.33 bits per heavy atom. The van der Waals surface area contributed by atoms with E-state index in [-0.39, 0.29) is 11.8 Å². The quantitative estimate of drug-likeness (QED) is 0.841. The standard InChI is InChI=1S/C12H14ClNO/c1-7(12(14)15)10-6-11(10)8-3-2-4-9(13)5-8/h2-5,7,10-11H,6H2,1H3,(H2,14,15). The SMILES string of the molecule is CC(C(N)=O)C1CC1c1cccc(Cl)c1. The Labute approximate surface area is 94.4 Å². The normalized spacial score (nSPS) is 26.0. The van der Waals surface area contributed by atoms with Crippen molar-refractivity contribution in [2.24, 2.45) is 17.6 Å². The smallest absolute Gasteiger partial charge is 0.220 e. The van der Waals surface area contributed by atoms with Gasteiger partial charge in [0.1, 0.15) is 0 Å². The lowest BCUT2D eigenvalue weighted by Gasteiger charge is -2.06. The van der Waals surface area contributed by atoms with Gasteiger partial charge in [0.05, 0.1) is 0 Å². The Hall–Kier alpha value is -1.02. The molecule has 2 N–H and O–H groups in total. The summed E-state index contributed by atoms with van der Waals surface area (Å²) in [6.45, 7) is 1.90. The fourth-order valence-electron chi connectivity index (χ4n) is 2.10. The van der Waals surface area contributed by atoms with E-state index in [1.165, 1.54) is 5.56 Å². The van der Waals surface area contributed by atoms with Crippen LogP contribution in [0.2, 0.25) is 5.02 Å². The van der Waals surface area contributed by atoms with Gasteiger partial charge in [0.25, 0.3) is 0 Å². The molecule has 0 saturated heterocycles. The Morgan fingerprint density at radius 1 is 1.60 bits per heavy atom. The molecule has 2 nitrogen and oxygen atoms in total. The van der Waals surface area contributed by atoms with Crippen LogP contribution in [0.25, 0.3) is 0 Å². The van der Waals surface area contributed by atoms with E-state index in [0.29, 0.717) is 11.8 Å². The zero-order chi connectivity index (χ0) is 11.0. The van der Waals surface area contributed by atoms with Crippen LogP contribution in [-0.2, 0) is 4.79 Å². The van der Waals surface area contributed by atoms with Crippen molar-refractivity contribution >= 4 is 17.5 Å². The van der Waals surface area contributed by atoms with E-state index in [9.17, 15) is 4.79 Å². The summed E-state index contributed by atoms with van der Waals surface area (Å²) in [4.78, 5) is 11.0. The monoisotopic (exact) mass is 223 g/mol. The van der Waals surface area contributed by atoms with Gasteiger partial charge in [-0.2, -0.15) is 0 Å². The molecule has 0 radical (unpaired) electrons. The Morgan fingerprint density at radius 3 is 2.93 bits per heavy atom. The van der Waals surface area contributed by atoms with Gasteiger partial charge in [-0.15, -0.1) is 0 Å². The summed E-state index contributed by atoms with van der Waals surface area (Å²) in [5.74, 6) is 0.630. The maximum absolute atomic E-state index is 11.0. The first-order valence-corrected chi connectivity index (χ1v) is 5.52. The second-order valence-corrected chi connectivity index (χ2v) is 4.69. The first-order valence-electron chi connectivity index (χ1n) is 5.14. The average molecular weight is 224 g/mol. The van der Waals surface area contributed by atoms with Gasteiger partial charge in [0.15, 0.2) is 0 Å². The largest absolute Gasteiger partial charge is 0.369 e. The van der Waals surface area contributed by atoms with Crippen molar-refractivity contribution in [1.82, 2.24) is 0 Å². The number of carbonyl (C=O) groups excluding carboxylic acids is 1. The fourth-order valence-corrected chi connectivity index (χ4v) is 2.30. The zero-order valence-corrected chi connectivity index (χ0v) is 9.37. The third kappa shape index (κ3) is 2.15. The molecule has 0 bridgehead atoms. The Kier molecular flexibility index (Phi) is 2.70. The molecule has 0 spiro atoms. The number of nitrogens with two attached hydrogens (primary N) is 1. The van der Waals surface area contributed by atoms with Crippen LogP contribution in [0.1, 0.15) is 24.8 Å². The number of halogens is 1. The van der Waals surface area contributed by atoms with Crippen molar-refractivity contribution in [2.75, 3.05) is 0 Å². The number of carbonyl (C=O) groups is 1. The van der Waals surface area contributed by atoms with E-state index in [1.807, 2.05) is 25.1 Å². The molecule has 1 saturated carbocycles. The highest BCUT2D eigenvalue weighted by atomic mass is 35.5. The van der Waals surface area contributed by atoms with Crippen LogP contribution in [0, 0.1) is 11.8 Å². The lowest BCUT2D eigenvalue weighted by molar-refractivity contribution is -0.121. The third-order valence-electron chi connectivity index (χ3n) is 3.21. The van der Waals surface area contributed by atoms with E-state index in [0.717, 1.165) is 11.4 Å². The molecule has 0 aliphatic heterocycles. The summed E-state index contributed by atoms with van der Waals surface area (Å²) in [6.07, 6.45) is 1.05. The number of benzene rings is 1. The summed E-state index contributed by atoms with van der Waals surface area (Å²) < 4.78 is 0. The molecular formula is C12H14ClNO. The molecule has 1 aromatic rings. The molecule has 3 heteroatoms. The molecule has 1 aliphatic carbocycles. The Balaban J connectivity index is 2.08. The van der Waals surface area contributed by atoms with Gasteiger partial charge >= 0.3 is 0 Å². The molecule has 1 aromatic carbocycles. The molecule has 80 valence electrons. The predicted molar refractivity (Wildman–Crippen MR) is 60.7 cm³/mol. The average Bonchev–Trinajstić information content (AvgIpc) is 2.96. The van der Waals surface area contributed by atoms with E-state index in [4.69, 9.17) is 17.3 Å². The van der Waals surface area contributed by atoms with Crippen molar-refractivity contribution in [3.8, 4) is 0 Å². The molecule has 1 aliphatic rings. The van der Waals surface area contributed by atoms with Crippen LogP contribution in [0.3, 0.4) is 0 Å². The summed E-state index contributed by atoms with van der Waals surface area (Å²) in [5.41, 5.74) is 6.50. The van der Waals surface area contributed by atoms with Gasteiger partial charge in [-0.3, -0.25) is 4.79 Å². The maximum Gasteiger partial charge on any atom is 0.220 e. The molecule has 0 aromatic heterocycles. The van der Waals surface area contributed by atoms with Gasteiger partial charge in [-0.05, 0) is 36.0 Å². The summed E-state index contributed by atoms with van der Waals surface area (Å²) >= 11 is 5.91. The van der Waals surface area contributed by atoms with E-state index < -0.39 is 0 Å². The minimum absolute atomic E-state index is 0.0334. The van der Waals surface area contributed by atoms with Crippen LogP contribution < -0.4 is 5.73 Å². The second kappa shape index (κ2) is 3.86. The van der Waals surface area contributed by atoms with Gasteiger partial charge < -0.3 is 5.73 Å². The molecule has 0 heterocycles. The Bertz CT molecular complexity index is 391. The van der Waals surface area contributed by atoms with Crippen LogP contribution in [-0.4, -0.2) is 5.91 Å². The highest BCUT2D eigenvalue weighted by molar-refractivity contribution is 6.30. The van der Waals surface area contributed by atoms with Crippen molar-refractivity contribution in [3.63, 3.8) is 0 Å². The number of rotatable bonds is 3. The van der Waals surface area contributed by atoms with Gasteiger partial charge in [0.2, 0.25) is 5.91 Å². The maximum atomic E-state index is 11.0. The molecule has 3 atom stereocenters. The van der Waals surface area contributed by atoms with Crippen molar-refractivity contribution in [2.45, 2.75) is 19.3 Å². The number of hydrogen-bond donors (Lipinski definition) is 1. The number of amides is 1. The second-order valence-electron chi connectivity index (χ2n) is 4.25. The molecule has 3 unspecified atom stereocenters. The highest BCUT2D eigenvalue weighted by Crippen LogP contribution is 2.51. The highest BCUT2D eigenvalue weighted by Gasteiger charge is 2.43. The lowest BCUT2D eigenvalue weighted by atomic mass is 10.0. The minimum Gasteiger partial charge on any atom is -0.369 e. The zero-order valence-electron chi connectivity index (χ0n) is 8.61. The van der Waals surface area contributed by atoms with Gasteiger partial charge in [0, 0.05) is 10.9 Å². The van der Waals surface area contributed by atoms with Crippen molar-refractivity contribution in [3.05, 3.63) is 34.9 Å². The first-order chi connectivity index (χ1) is 7.09. The van der Waals surface area contributed by atoms with Crippen LogP contribution in [0.15, 0.2) is 24.3 Å². The summed E-state index contributed by atoms with van der Waals surface area (Å²) in [6, 6.07) is 7.84. The van der Waals surface area contributed by atoms with Crippen LogP contribution >= 0.6 is 11.6 Å². The first kappa shape index (κ1) is 10.5. The van der Waals surface area contributed by atoms with Crippen LogP contribution in [0.5, 0.6) is 0 Å². The van der Waals surface area contributed by atoms with Crippen molar-refractivity contribution < 1.29 is 4.79 Å². The minimum atomic E-state index is -0.204.